The number of ether oxygens (including phenoxy) is 1. The predicted molar refractivity (Wildman–Crippen MR) is 153 cm³/mol. The summed E-state index contributed by atoms with van der Waals surface area (Å²) in [6, 6.07) is 13.9. The molecule has 0 bridgehead atoms. The molecule has 1 amide bonds. The number of anilines is 1. The summed E-state index contributed by atoms with van der Waals surface area (Å²) in [5, 5.41) is 9.47. The monoisotopic (exact) mass is 559 g/mol. The minimum absolute atomic E-state index is 0.0151. The highest BCUT2D eigenvalue weighted by Crippen LogP contribution is 2.32. The van der Waals surface area contributed by atoms with Gasteiger partial charge in [-0.15, -0.1) is 0 Å². The summed E-state index contributed by atoms with van der Waals surface area (Å²) in [7, 11) is -3.52. The second-order valence-corrected chi connectivity index (χ2v) is 12.9. The van der Waals surface area contributed by atoms with Gasteiger partial charge in [-0.3, -0.25) is 4.79 Å². The van der Waals surface area contributed by atoms with E-state index in [0.29, 0.717) is 31.4 Å². The highest BCUT2D eigenvalue weighted by atomic mass is 32.2. The molecule has 39 heavy (non-hydrogen) atoms. The van der Waals surface area contributed by atoms with Crippen LogP contribution in [0.4, 0.5) is 5.69 Å². The Morgan fingerprint density at radius 1 is 0.949 bits per heavy atom. The molecule has 0 atom stereocenters. The number of fused-ring (bicyclic) bond motifs is 1. The van der Waals surface area contributed by atoms with Crippen LogP contribution in [0.2, 0.25) is 0 Å². The Bertz CT molecular complexity index is 1260. The van der Waals surface area contributed by atoms with E-state index < -0.39 is 21.9 Å². The number of rotatable bonds is 7. The van der Waals surface area contributed by atoms with Crippen molar-refractivity contribution in [3.8, 4) is 16.9 Å². The fraction of sp³-hybridized carbons (Fsp3) is 0.517. The van der Waals surface area contributed by atoms with E-state index in [4.69, 9.17) is 4.74 Å². The Balaban J connectivity index is 2.07. The Kier molecular flexibility index (Phi) is 10.4. The summed E-state index contributed by atoms with van der Waals surface area (Å²) in [6.07, 6.45) is 1.73. The van der Waals surface area contributed by atoms with Gasteiger partial charge in [0.2, 0.25) is 10.0 Å². The van der Waals surface area contributed by atoms with E-state index in [1.165, 1.54) is 9.21 Å². The largest absolute Gasteiger partial charge is 0.493 e. The zero-order valence-corrected chi connectivity index (χ0v) is 24.4. The molecule has 0 aliphatic carbocycles. The molecule has 2 aromatic carbocycles. The van der Waals surface area contributed by atoms with Crippen molar-refractivity contribution in [1.29, 1.82) is 0 Å². The van der Waals surface area contributed by atoms with E-state index in [0.717, 1.165) is 40.9 Å². The topological polar surface area (TPSA) is 107 Å². The zero-order chi connectivity index (χ0) is 28.7. The van der Waals surface area contributed by atoms with Crippen LogP contribution in [0.3, 0.4) is 0 Å². The fourth-order valence-corrected chi connectivity index (χ4v) is 5.53. The first-order chi connectivity index (χ1) is 18.3. The maximum absolute atomic E-state index is 12.6. The normalized spacial score (nSPS) is 15.7. The predicted octanol–water partition coefficient (Wildman–Crippen LogP) is 3.93. The third kappa shape index (κ3) is 8.69. The molecule has 0 saturated heterocycles. The molecule has 10 heteroatoms. The van der Waals surface area contributed by atoms with E-state index in [2.05, 4.69) is 38.7 Å². The molecule has 0 unspecified atom stereocenters. The van der Waals surface area contributed by atoms with Gasteiger partial charge in [-0.25, -0.2) is 17.5 Å². The van der Waals surface area contributed by atoms with Gasteiger partial charge in [-0.1, -0.05) is 52.0 Å². The minimum atomic E-state index is -3.52. The SMILES string of the molecule is CC(C)COc1cccc(-c2ccc3c(c2)N(CC(C)C)CCCN(S(C)(=O)=O)CCN(C(=O)C(=O)O)C3)c1. The number of aliphatic carboxylic acids is 1. The molecule has 1 aliphatic heterocycles. The van der Waals surface area contributed by atoms with Crippen molar-refractivity contribution in [2.45, 2.75) is 40.7 Å². The Hall–Kier alpha value is -3.11. The van der Waals surface area contributed by atoms with Crippen LogP contribution in [0.25, 0.3) is 11.1 Å². The highest BCUT2D eigenvalue weighted by molar-refractivity contribution is 7.88. The van der Waals surface area contributed by atoms with Gasteiger partial charge >= 0.3 is 11.9 Å². The molecule has 1 N–H and O–H groups in total. The number of carboxylic acids is 1. The van der Waals surface area contributed by atoms with Gasteiger partial charge in [-0.2, -0.15) is 0 Å². The van der Waals surface area contributed by atoms with Crippen molar-refractivity contribution in [2.75, 3.05) is 50.5 Å². The molecular weight excluding hydrogens is 518 g/mol. The molecule has 1 aliphatic rings. The van der Waals surface area contributed by atoms with Crippen LogP contribution in [-0.4, -0.2) is 80.2 Å². The molecule has 2 aromatic rings. The van der Waals surface area contributed by atoms with Crippen LogP contribution >= 0.6 is 0 Å². The van der Waals surface area contributed by atoms with Crippen molar-refractivity contribution in [1.82, 2.24) is 9.21 Å². The van der Waals surface area contributed by atoms with Crippen LogP contribution in [0.15, 0.2) is 42.5 Å². The van der Waals surface area contributed by atoms with Crippen LogP contribution in [0.1, 0.15) is 39.7 Å². The number of carboxylic acid groups (broad SMARTS) is 1. The van der Waals surface area contributed by atoms with E-state index in [1.54, 1.807) is 0 Å². The maximum atomic E-state index is 12.6. The van der Waals surface area contributed by atoms with Gasteiger partial charge in [0.05, 0.1) is 12.9 Å². The van der Waals surface area contributed by atoms with Crippen molar-refractivity contribution in [2.24, 2.45) is 11.8 Å². The van der Waals surface area contributed by atoms with Crippen LogP contribution in [0.5, 0.6) is 5.75 Å². The third-order valence-electron chi connectivity index (χ3n) is 6.52. The van der Waals surface area contributed by atoms with E-state index in [1.807, 2.05) is 36.4 Å². The molecule has 3 rings (SSSR count). The Labute approximate surface area is 232 Å². The van der Waals surface area contributed by atoms with Gasteiger partial charge in [0.1, 0.15) is 5.75 Å². The number of benzene rings is 2. The molecule has 0 fully saturated rings. The smallest absolute Gasteiger partial charge is 0.394 e. The van der Waals surface area contributed by atoms with E-state index in [9.17, 15) is 23.1 Å². The summed E-state index contributed by atoms with van der Waals surface area (Å²) >= 11 is 0. The number of amides is 1. The van der Waals surface area contributed by atoms with Crippen molar-refractivity contribution < 1.29 is 27.9 Å². The van der Waals surface area contributed by atoms with Gasteiger partial charge in [0, 0.05) is 45.0 Å². The van der Waals surface area contributed by atoms with Crippen LogP contribution in [-0.2, 0) is 26.2 Å². The lowest BCUT2D eigenvalue weighted by atomic mass is 10.00. The Morgan fingerprint density at radius 2 is 1.67 bits per heavy atom. The Morgan fingerprint density at radius 3 is 2.31 bits per heavy atom. The lowest BCUT2D eigenvalue weighted by Crippen LogP contribution is -2.43. The molecule has 0 aromatic heterocycles. The molecule has 0 spiro atoms. The number of sulfonamides is 1. The molecule has 1 heterocycles. The first-order valence-corrected chi connectivity index (χ1v) is 15.3. The first-order valence-electron chi connectivity index (χ1n) is 13.4. The molecule has 0 saturated carbocycles. The van der Waals surface area contributed by atoms with Gasteiger partial charge in [0.25, 0.3) is 0 Å². The average molecular weight is 560 g/mol. The van der Waals surface area contributed by atoms with E-state index >= 15 is 0 Å². The number of carbonyl (C=O) groups is 2. The standard InChI is InChI=1S/C29H41N3O6S/c1-21(2)18-30-12-7-13-32(39(5,36)37)15-14-31(28(33)29(34)35)19-25-11-10-24(17-27(25)30)23-8-6-9-26(16-23)38-20-22(3)4/h6,8-11,16-17,21-22H,7,12-15,18-20H2,1-5H3,(H,34,35). The number of nitrogens with zero attached hydrogens (tertiary/aromatic N) is 3. The van der Waals surface area contributed by atoms with Gasteiger partial charge < -0.3 is 19.6 Å². The van der Waals surface area contributed by atoms with Crippen molar-refractivity contribution in [3.63, 3.8) is 0 Å². The number of carbonyl (C=O) groups excluding carboxylic acids is 1. The maximum Gasteiger partial charge on any atom is 0.394 e. The second-order valence-electron chi connectivity index (χ2n) is 11.0. The molecule has 9 nitrogen and oxygen atoms in total. The lowest BCUT2D eigenvalue weighted by Gasteiger charge is -2.30. The molecular formula is C29H41N3O6S. The van der Waals surface area contributed by atoms with Gasteiger partial charge in [0.15, 0.2) is 0 Å². The second kappa shape index (κ2) is 13.3. The van der Waals surface area contributed by atoms with E-state index in [-0.39, 0.29) is 26.2 Å². The zero-order valence-electron chi connectivity index (χ0n) is 23.6. The summed E-state index contributed by atoms with van der Waals surface area (Å²) < 4.78 is 32.1. The van der Waals surface area contributed by atoms with Crippen molar-refractivity contribution in [3.05, 3.63) is 48.0 Å². The van der Waals surface area contributed by atoms with Crippen LogP contribution < -0.4 is 9.64 Å². The summed E-state index contributed by atoms with van der Waals surface area (Å²) in [5.74, 6) is -1.10. The molecule has 214 valence electrons. The number of hydrogen-bond donors (Lipinski definition) is 1. The quantitative estimate of drug-likeness (QED) is 0.512. The number of hydrogen-bond acceptors (Lipinski definition) is 6. The van der Waals surface area contributed by atoms with Crippen molar-refractivity contribution >= 4 is 27.6 Å². The summed E-state index contributed by atoms with van der Waals surface area (Å²) in [6.45, 7) is 10.8. The fourth-order valence-electron chi connectivity index (χ4n) is 4.66. The van der Waals surface area contributed by atoms with Gasteiger partial charge in [-0.05, 0) is 53.1 Å². The highest BCUT2D eigenvalue weighted by Gasteiger charge is 2.27. The summed E-state index contributed by atoms with van der Waals surface area (Å²) in [4.78, 5) is 27.7. The third-order valence-corrected chi connectivity index (χ3v) is 7.82. The first kappa shape index (κ1) is 30.4. The molecule has 0 radical (unpaired) electrons. The lowest BCUT2D eigenvalue weighted by molar-refractivity contribution is -0.156. The average Bonchev–Trinajstić information content (AvgIpc) is 2.89. The minimum Gasteiger partial charge on any atom is -0.493 e. The summed E-state index contributed by atoms with van der Waals surface area (Å²) in [5.41, 5.74) is 3.68. The van der Waals surface area contributed by atoms with Crippen LogP contribution in [0, 0.1) is 11.8 Å².